The van der Waals surface area contributed by atoms with Gasteiger partial charge in [-0.05, 0) is 47.9 Å². The minimum Gasteiger partial charge on any atom is -0.516 e. The highest BCUT2D eigenvalue weighted by Gasteiger charge is 2.19. The number of methoxy groups -OCH3 is 1. The van der Waals surface area contributed by atoms with Crippen molar-refractivity contribution in [3.63, 3.8) is 0 Å². The molecule has 0 aliphatic rings. The molecule has 3 rings (SSSR count). The maximum Gasteiger partial charge on any atom is 0.216 e. The molecule has 1 aromatic carbocycles. The van der Waals surface area contributed by atoms with Gasteiger partial charge in [-0.15, -0.1) is 0 Å². The van der Waals surface area contributed by atoms with E-state index >= 15 is 0 Å². The van der Waals surface area contributed by atoms with Gasteiger partial charge in [0.2, 0.25) is 5.88 Å². The van der Waals surface area contributed by atoms with E-state index in [1.54, 1.807) is 28.8 Å². The standard InChI is InChI=1S/C21H19FN2O3/c1-13(2)19-17(5-4-10-25)20(14-6-8-16(22)9-7-14)23-24-18(27-3)11-15(12-26)21(19)24/h4-11,13,25H,1-3H3. The van der Waals surface area contributed by atoms with E-state index in [0.717, 1.165) is 17.0 Å². The van der Waals surface area contributed by atoms with Crippen LogP contribution in [0.1, 0.15) is 25.3 Å². The van der Waals surface area contributed by atoms with E-state index in [2.05, 4.69) is 5.10 Å². The summed E-state index contributed by atoms with van der Waals surface area (Å²) in [5, 5.41) is 14.9. The largest absolute Gasteiger partial charge is 0.516 e. The molecule has 6 heteroatoms. The summed E-state index contributed by atoms with van der Waals surface area (Å²) in [7, 11) is 1.50. The Hall–Kier alpha value is -3.37. The minimum atomic E-state index is -0.346. The molecule has 27 heavy (non-hydrogen) atoms. The topological polar surface area (TPSA) is 63.8 Å². The zero-order valence-electron chi connectivity index (χ0n) is 15.2. The molecule has 0 atom stereocenters. The summed E-state index contributed by atoms with van der Waals surface area (Å²) in [5.41, 5.74) is 2.73. The summed E-state index contributed by atoms with van der Waals surface area (Å²) in [6.45, 7) is 4.00. The number of carbonyl (C=O) groups excluding carboxylic acids is 1. The zero-order chi connectivity index (χ0) is 19.6. The first-order chi connectivity index (χ1) is 13.0. The van der Waals surface area contributed by atoms with Crippen molar-refractivity contribution >= 4 is 17.5 Å². The van der Waals surface area contributed by atoms with Crippen LogP contribution in [0.2, 0.25) is 0 Å². The number of hydrogen-bond acceptors (Lipinski definition) is 4. The molecule has 0 aliphatic heterocycles. The third-order valence-corrected chi connectivity index (χ3v) is 4.31. The summed E-state index contributed by atoms with van der Waals surface area (Å²) in [5.74, 6) is 2.03. The lowest BCUT2D eigenvalue weighted by molar-refractivity contribution is 0.387. The summed E-state index contributed by atoms with van der Waals surface area (Å²) in [4.78, 5) is 11.5. The van der Waals surface area contributed by atoms with Crippen molar-refractivity contribution in [2.75, 3.05) is 7.11 Å². The van der Waals surface area contributed by atoms with Gasteiger partial charge in [0.25, 0.3) is 0 Å². The number of nitrogens with zero attached hydrogens (tertiary/aromatic N) is 2. The Kier molecular flexibility index (Phi) is 5.10. The van der Waals surface area contributed by atoms with Crippen LogP contribution in [0.15, 0.2) is 42.7 Å². The first-order valence-electron chi connectivity index (χ1n) is 8.43. The number of rotatable bonds is 4. The lowest BCUT2D eigenvalue weighted by atomic mass is 9.96. The smallest absolute Gasteiger partial charge is 0.216 e. The molecule has 0 saturated heterocycles. The molecule has 5 nitrogen and oxygen atoms in total. The Bertz CT molecular complexity index is 1160. The van der Waals surface area contributed by atoms with E-state index in [1.165, 1.54) is 25.3 Å². The lowest BCUT2D eigenvalue weighted by Gasteiger charge is -2.14. The van der Waals surface area contributed by atoms with Crippen LogP contribution in [0.3, 0.4) is 0 Å². The second-order valence-electron chi connectivity index (χ2n) is 6.31. The fourth-order valence-electron chi connectivity index (χ4n) is 3.18. The number of hydrogen-bond donors (Lipinski definition) is 1. The van der Waals surface area contributed by atoms with Crippen molar-refractivity contribution in [3.8, 4) is 17.1 Å². The van der Waals surface area contributed by atoms with Crippen molar-refractivity contribution in [3.05, 3.63) is 64.5 Å². The van der Waals surface area contributed by atoms with Crippen LogP contribution < -0.4 is 15.2 Å². The van der Waals surface area contributed by atoms with Crippen molar-refractivity contribution in [2.24, 2.45) is 0 Å². The average Bonchev–Trinajstić information content (AvgIpc) is 3.03. The number of halogens is 1. The number of aromatic nitrogens is 2. The minimum absolute atomic E-state index is 0.0275. The fourth-order valence-corrected chi connectivity index (χ4v) is 3.18. The Morgan fingerprint density at radius 2 is 2.00 bits per heavy atom. The van der Waals surface area contributed by atoms with Gasteiger partial charge in [0, 0.05) is 16.8 Å². The van der Waals surface area contributed by atoms with Gasteiger partial charge in [0.15, 0.2) is 0 Å². The Morgan fingerprint density at radius 1 is 1.30 bits per heavy atom. The highest BCUT2D eigenvalue weighted by Crippen LogP contribution is 2.23. The SMILES string of the molecule is COc1cc(=C=O)c2c(C(C)C)c(=CC=CO)c(-c3ccc(F)cc3)nn12. The van der Waals surface area contributed by atoms with Gasteiger partial charge in [-0.3, -0.25) is 0 Å². The molecule has 1 N–H and O–H groups in total. The summed E-state index contributed by atoms with van der Waals surface area (Å²) in [6.07, 6.45) is 4.13. The van der Waals surface area contributed by atoms with Crippen molar-refractivity contribution in [2.45, 2.75) is 19.8 Å². The maximum atomic E-state index is 13.4. The van der Waals surface area contributed by atoms with E-state index in [0.29, 0.717) is 27.9 Å². The van der Waals surface area contributed by atoms with Gasteiger partial charge in [-0.2, -0.15) is 9.61 Å². The molecule has 0 amide bonds. The second kappa shape index (κ2) is 7.48. The normalized spacial score (nSPS) is 12.3. The summed E-state index contributed by atoms with van der Waals surface area (Å²) >= 11 is 0. The van der Waals surface area contributed by atoms with Gasteiger partial charge in [-0.25, -0.2) is 9.18 Å². The molecule has 0 spiro atoms. The zero-order valence-corrected chi connectivity index (χ0v) is 15.2. The number of allylic oxidation sites excluding steroid dienone is 1. The summed E-state index contributed by atoms with van der Waals surface area (Å²) < 4.78 is 20.3. The molecule has 0 unspecified atom stereocenters. The highest BCUT2D eigenvalue weighted by molar-refractivity contribution is 5.73. The third kappa shape index (κ3) is 3.23. The van der Waals surface area contributed by atoms with Gasteiger partial charge in [0.1, 0.15) is 11.8 Å². The molecule has 0 fully saturated rings. The van der Waals surface area contributed by atoms with Gasteiger partial charge >= 0.3 is 0 Å². The molecular weight excluding hydrogens is 347 g/mol. The number of aliphatic hydroxyl groups excluding tert-OH is 1. The Balaban J connectivity index is 2.59. The molecule has 0 bridgehead atoms. The Labute approximate surface area is 155 Å². The number of fused-ring (bicyclic) bond motifs is 1. The number of aliphatic hydroxyl groups is 1. The van der Waals surface area contributed by atoms with Crippen LogP contribution in [0, 0.1) is 5.82 Å². The first-order valence-corrected chi connectivity index (χ1v) is 8.43. The van der Waals surface area contributed by atoms with Crippen molar-refractivity contribution in [1.29, 1.82) is 0 Å². The molecule has 138 valence electrons. The fraction of sp³-hybridized carbons (Fsp3) is 0.190. The molecular formula is C21H19FN2O3. The van der Waals surface area contributed by atoms with Crippen molar-refractivity contribution in [1.82, 2.24) is 9.61 Å². The Morgan fingerprint density at radius 3 is 2.56 bits per heavy atom. The second-order valence-corrected chi connectivity index (χ2v) is 6.31. The predicted octanol–water partition coefficient (Wildman–Crippen LogP) is 2.63. The lowest BCUT2D eigenvalue weighted by Crippen LogP contribution is -2.22. The van der Waals surface area contributed by atoms with Gasteiger partial charge in [0.05, 0.1) is 29.8 Å². The van der Waals surface area contributed by atoms with Crippen LogP contribution in [0.5, 0.6) is 5.88 Å². The van der Waals surface area contributed by atoms with E-state index in [-0.39, 0.29) is 11.7 Å². The van der Waals surface area contributed by atoms with E-state index < -0.39 is 0 Å². The molecule has 0 radical (unpaired) electrons. The molecule has 3 aromatic rings. The van der Waals surface area contributed by atoms with Crippen LogP contribution >= 0.6 is 0 Å². The van der Waals surface area contributed by atoms with E-state index in [4.69, 9.17) is 9.84 Å². The van der Waals surface area contributed by atoms with Crippen molar-refractivity contribution < 1.29 is 19.0 Å². The molecule has 0 saturated carbocycles. The van der Waals surface area contributed by atoms with Crippen LogP contribution in [0.4, 0.5) is 4.39 Å². The molecule has 0 aliphatic carbocycles. The third-order valence-electron chi connectivity index (χ3n) is 4.31. The maximum absolute atomic E-state index is 13.4. The van der Waals surface area contributed by atoms with Crippen LogP contribution in [0.25, 0.3) is 22.9 Å². The monoisotopic (exact) mass is 366 g/mol. The number of benzene rings is 1. The van der Waals surface area contributed by atoms with Crippen LogP contribution in [-0.4, -0.2) is 27.8 Å². The molecule has 2 aromatic heterocycles. The van der Waals surface area contributed by atoms with Crippen LogP contribution in [-0.2, 0) is 4.79 Å². The quantitative estimate of drug-likeness (QED) is 0.721. The first kappa shape index (κ1) is 18.4. The average molecular weight is 366 g/mol. The predicted molar refractivity (Wildman–Crippen MR) is 102 cm³/mol. The highest BCUT2D eigenvalue weighted by atomic mass is 19.1. The van der Waals surface area contributed by atoms with E-state index in [9.17, 15) is 9.18 Å². The van der Waals surface area contributed by atoms with E-state index in [1.807, 2.05) is 19.8 Å². The summed E-state index contributed by atoms with van der Waals surface area (Å²) in [6, 6.07) is 7.58. The molecule has 2 heterocycles. The number of ether oxygens (including phenoxy) is 1. The van der Waals surface area contributed by atoms with Gasteiger partial charge in [-0.1, -0.05) is 13.8 Å². The van der Waals surface area contributed by atoms with Gasteiger partial charge < -0.3 is 9.84 Å².